The van der Waals surface area contributed by atoms with Crippen LogP contribution < -0.4 is 10.1 Å². The number of hydrogen-bond donors (Lipinski definition) is 1. The van der Waals surface area contributed by atoms with Crippen molar-refractivity contribution in [1.29, 1.82) is 0 Å². The Hall–Kier alpha value is -1.25. The molecule has 0 saturated heterocycles. The Morgan fingerprint density at radius 1 is 1.44 bits per heavy atom. The Balaban J connectivity index is 2.64. The second-order valence-electron chi connectivity index (χ2n) is 4.03. The fraction of sp³-hybridized carbons (Fsp3) is 0.538. The highest BCUT2D eigenvalue weighted by molar-refractivity contribution is 5.50. The van der Waals surface area contributed by atoms with E-state index in [1.807, 2.05) is 0 Å². The summed E-state index contributed by atoms with van der Waals surface area (Å²) in [4.78, 5) is 0. The van der Waals surface area contributed by atoms with Gasteiger partial charge in [-0.05, 0) is 25.5 Å². The molecule has 0 aliphatic carbocycles. The molecule has 0 aromatic heterocycles. The van der Waals surface area contributed by atoms with Crippen LogP contribution in [0.5, 0.6) is 5.75 Å². The van der Waals surface area contributed by atoms with Crippen LogP contribution in [-0.2, 0) is 0 Å². The van der Waals surface area contributed by atoms with Gasteiger partial charge >= 0.3 is 0 Å². The van der Waals surface area contributed by atoms with Crippen LogP contribution in [0.15, 0.2) is 18.2 Å². The number of rotatable bonds is 6. The van der Waals surface area contributed by atoms with Crippen molar-refractivity contribution in [3.8, 4) is 5.75 Å². The molecule has 1 unspecified atom stereocenters. The minimum atomic E-state index is -0.232. The van der Waals surface area contributed by atoms with Gasteiger partial charge in [0.05, 0.1) is 12.8 Å². The van der Waals surface area contributed by atoms with E-state index in [0.29, 0.717) is 11.4 Å². The monoisotopic (exact) mass is 225 g/mol. The molecule has 3 heteroatoms. The molecule has 1 atom stereocenters. The van der Waals surface area contributed by atoms with E-state index in [1.165, 1.54) is 6.07 Å². The van der Waals surface area contributed by atoms with Crippen LogP contribution in [0.4, 0.5) is 10.1 Å². The van der Waals surface area contributed by atoms with Gasteiger partial charge in [-0.15, -0.1) is 0 Å². The number of methoxy groups -OCH3 is 1. The summed E-state index contributed by atoms with van der Waals surface area (Å²) in [6.45, 7) is 4.22. The summed E-state index contributed by atoms with van der Waals surface area (Å²) in [5.41, 5.74) is 0.517. The average Bonchev–Trinajstić information content (AvgIpc) is 2.29. The molecule has 16 heavy (non-hydrogen) atoms. The Bertz CT molecular complexity index is 328. The maximum Gasteiger partial charge on any atom is 0.146 e. The second-order valence-corrected chi connectivity index (χ2v) is 4.03. The highest BCUT2D eigenvalue weighted by Crippen LogP contribution is 2.22. The lowest BCUT2D eigenvalue weighted by Crippen LogP contribution is -2.15. The van der Waals surface area contributed by atoms with Crippen molar-refractivity contribution in [1.82, 2.24) is 0 Å². The van der Waals surface area contributed by atoms with Crippen molar-refractivity contribution < 1.29 is 9.13 Å². The van der Waals surface area contributed by atoms with Crippen molar-refractivity contribution in [2.45, 2.75) is 39.2 Å². The molecule has 0 aliphatic heterocycles. The van der Waals surface area contributed by atoms with Gasteiger partial charge in [-0.25, -0.2) is 4.39 Å². The van der Waals surface area contributed by atoms with E-state index in [-0.39, 0.29) is 11.9 Å². The molecule has 1 aromatic carbocycles. The standard InChI is InChI=1S/C13H20FNO/c1-4-5-6-10(2)15-13-9-11(16-3)7-8-12(13)14/h7-10,15H,4-6H2,1-3H3. The lowest BCUT2D eigenvalue weighted by Gasteiger charge is -2.16. The number of unbranched alkanes of at least 4 members (excludes halogenated alkanes) is 1. The lowest BCUT2D eigenvalue weighted by molar-refractivity contribution is 0.414. The lowest BCUT2D eigenvalue weighted by atomic mass is 10.1. The normalized spacial score (nSPS) is 12.2. The van der Waals surface area contributed by atoms with E-state index in [9.17, 15) is 4.39 Å². The molecule has 90 valence electrons. The summed E-state index contributed by atoms with van der Waals surface area (Å²) >= 11 is 0. The molecule has 0 radical (unpaired) electrons. The van der Waals surface area contributed by atoms with Crippen LogP contribution >= 0.6 is 0 Å². The van der Waals surface area contributed by atoms with Crippen LogP contribution in [-0.4, -0.2) is 13.2 Å². The largest absolute Gasteiger partial charge is 0.497 e. The third-order valence-electron chi connectivity index (χ3n) is 2.57. The molecule has 0 aliphatic rings. The molecule has 0 spiro atoms. The smallest absolute Gasteiger partial charge is 0.146 e. The maximum absolute atomic E-state index is 13.5. The van der Waals surface area contributed by atoms with Crippen molar-refractivity contribution in [3.63, 3.8) is 0 Å². The third-order valence-corrected chi connectivity index (χ3v) is 2.57. The van der Waals surface area contributed by atoms with Gasteiger partial charge in [-0.1, -0.05) is 19.8 Å². The van der Waals surface area contributed by atoms with E-state index in [0.717, 1.165) is 19.3 Å². The number of benzene rings is 1. The van der Waals surface area contributed by atoms with Crippen LogP contribution in [0.25, 0.3) is 0 Å². The first-order valence-electron chi connectivity index (χ1n) is 5.77. The Morgan fingerprint density at radius 3 is 2.81 bits per heavy atom. The number of nitrogens with one attached hydrogen (secondary N) is 1. The van der Waals surface area contributed by atoms with Gasteiger partial charge in [0.2, 0.25) is 0 Å². The van der Waals surface area contributed by atoms with Crippen molar-refractivity contribution >= 4 is 5.69 Å². The Labute approximate surface area is 96.8 Å². The first kappa shape index (κ1) is 12.8. The predicted molar refractivity (Wildman–Crippen MR) is 65.6 cm³/mol. The van der Waals surface area contributed by atoms with Crippen LogP contribution in [0.2, 0.25) is 0 Å². The number of anilines is 1. The zero-order valence-electron chi connectivity index (χ0n) is 10.2. The maximum atomic E-state index is 13.5. The first-order chi connectivity index (χ1) is 7.67. The minimum absolute atomic E-state index is 0.232. The molecule has 0 amide bonds. The zero-order chi connectivity index (χ0) is 12.0. The fourth-order valence-electron chi connectivity index (χ4n) is 1.59. The van der Waals surface area contributed by atoms with Crippen molar-refractivity contribution in [2.24, 2.45) is 0 Å². The molecule has 1 rings (SSSR count). The van der Waals surface area contributed by atoms with E-state index in [4.69, 9.17) is 4.74 Å². The van der Waals surface area contributed by atoms with Gasteiger partial charge in [-0.2, -0.15) is 0 Å². The first-order valence-corrected chi connectivity index (χ1v) is 5.77. The van der Waals surface area contributed by atoms with Crippen molar-refractivity contribution in [2.75, 3.05) is 12.4 Å². The van der Waals surface area contributed by atoms with E-state index >= 15 is 0 Å². The highest BCUT2D eigenvalue weighted by atomic mass is 19.1. The molecule has 0 saturated carbocycles. The fourth-order valence-corrected chi connectivity index (χ4v) is 1.59. The third kappa shape index (κ3) is 3.72. The summed E-state index contributed by atoms with van der Waals surface area (Å²) in [6.07, 6.45) is 3.36. The number of hydrogen-bond acceptors (Lipinski definition) is 2. The van der Waals surface area contributed by atoms with Crippen LogP contribution in [0.1, 0.15) is 33.1 Å². The van der Waals surface area contributed by atoms with Crippen LogP contribution in [0, 0.1) is 5.82 Å². The molecule has 0 heterocycles. The molecule has 1 N–H and O–H groups in total. The van der Waals surface area contributed by atoms with Crippen LogP contribution in [0.3, 0.4) is 0 Å². The van der Waals surface area contributed by atoms with Gasteiger partial charge in [0, 0.05) is 12.1 Å². The Kier molecular flexibility index (Phi) is 5.09. The van der Waals surface area contributed by atoms with E-state index in [1.54, 1.807) is 19.2 Å². The molecule has 0 bridgehead atoms. The Morgan fingerprint density at radius 2 is 2.19 bits per heavy atom. The summed E-state index contributed by atoms with van der Waals surface area (Å²) < 4.78 is 18.5. The van der Waals surface area contributed by atoms with Gasteiger partial charge in [0.15, 0.2) is 0 Å². The summed E-state index contributed by atoms with van der Waals surface area (Å²) in [6, 6.07) is 5.02. The number of ether oxygens (including phenoxy) is 1. The van der Waals surface area contributed by atoms with Gasteiger partial charge in [-0.3, -0.25) is 0 Å². The molecular formula is C13H20FNO. The van der Waals surface area contributed by atoms with Gasteiger partial charge < -0.3 is 10.1 Å². The zero-order valence-corrected chi connectivity index (χ0v) is 10.2. The molecule has 2 nitrogen and oxygen atoms in total. The molecule has 0 fully saturated rings. The summed E-state index contributed by atoms with van der Waals surface area (Å²) in [5, 5.41) is 3.16. The van der Waals surface area contributed by atoms with Gasteiger partial charge in [0.25, 0.3) is 0 Å². The summed E-state index contributed by atoms with van der Waals surface area (Å²) in [5.74, 6) is 0.440. The number of halogens is 1. The average molecular weight is 225 g/mol. The quantitative estimate of drug-likeness (QED) is 0.794. The SMILES string of the molecule is CCCCC(C)Nc1cc(OC)ccc1F. The summed E-state index contributed by atoms with van der Waals surface area (Å²) in [7, 11) is 1.58. The minimum Gasteiger partial charge on any atom is -0.497 e. The van der Waals surface area contributed by atoms with E-state index in [2.05, 4.69) is 19.2 Å². The van der Waals surface area contributed by atoms with Crippen molar-refractivity contribution in [3.05, 3.63) is 24.0 Å². The molecule has 1 aromatic rings. The van der Waals surface area contributed by atoms with E-state index < -0.39 is 0 Å². The molecular weight excluding hydrogens is 205 g/mol. The van der Waals surface area contributed by atoms with Gasteiger partial charge in [0.1, 0.15) is 11.6 Å². The topological polar surface area (TPSA) is 21.3 Å². The predicted octanol–water partition coefficient (Wildman–Crippen LogP) is 3.82. The second kappa shape index (κ2) is 6.36. The highest BCUT2D eigenvalue weighted by Gasteiger charge is 2.07.